The molecule has 1 aliphatic carbocycles. The number of tetrazole rings is 1. The number of benzene rings is 1. The van der Waals surface area contributed by atoms with Crippen LogP contribution in [0.25, 0.3) is 11.4 Å². The van der Waals surface area contributed by atoms with Crippen molar-refractivity contribution < 1.29 is 0 Å². The summed E-state index contributed by atoms with van der Waals surface area (Å²) in [7, 11) is 0. The van der Waals surface area contributed by atoms with Gasteiger partial charge in [0, 0.05) is 11.3 Å². The molecule has 3 rings (SSSR count). The molecule has 1 aromatic carbocycles. The Kier molecular flexibility index (Phi) is 3.20. The van der Waals surface area contributed by atoms with Gasteiger partial charge in [-0.05, 0) is 59.4 Å². The van der Waals surface area contributed by atoms with Crippen LogP contribution < -0.4 is 5.73 Å². The van der Waals surface area contributed by atoms with E-state index in [4.69, 9.17) is 5.73 Å². The molecule has 0 unspecified atom stereocenters. The summed E-state index contributed by atoms with van der Waals surface area (Å²) in [4.78, 5) is 0. The van der Waals surface area contributed by atoms with Crippen molar-refractivity contribution in [2.75, 3.05) is 5.73 Å². The van der Waals surface area contributed by atoms with Crippen LogP contribution in [0.2, 0.25) is 0 Å². The molecule has 1 heterocycles. The molecular formula is C15H21N5. The first kappa shape index (κ1) is 13.1. The van der Waals surface area contributed by atoms with E-state index in [1.54, 1.807) is 0 Å². The summed E-state index contributed by atoms with van der Waals surface area (Å²) in [5, 5.41) is 12.2. The Morgan fingerprint density at radius 2 is 2.05 bits per heavy atom. The Bertz CT molecular complexity index is 610. The number of nitrogens with zero attached hydrogens (tertiary/aromatic N) is 4. The predicted octanol–water partition coefficient (Wildman–Crippen LogP) is 2.81. The van der Waals surface area contributed by atoms with Crippen LogP contribution in [0.5, 0.6) is 0 Å². The van der Waals surface area contributed by atoms with Gasteiger partial charge in [-0.1, -0.05) is 19.8 Å². The molecule has 2 N–H and O–H groups in total. The maximum absolute atomic E-state index is 5.87. The zero-order valence-electron chi connectivity index (χ0n) is 12.1. The largest absolute Gasteiger partial charge is 0.399 e. The number of hydrogen-bond donors (Lipinski definition) is 1. The highest BCUT2D eigenvalue weighted by Gasteiger charge is 2.30. The number of nitrogen functional groups attached to an aromatic ring is 1. The van der Waals surface area contributed by atoms with Crippen molar-refractivity contribution in [3.05, 3.63) is 23.8 Å². The van der Waals surface area contributed by atoms with E-state index >= 15 is 0 Å². The maximum Gasteiger partial charge on any atom is 0.182 e. The van der Waals surface area contributed by atoms with Crippen molar-refractivity contribution in [3.8, 4) is 11.4 Å². The van der Waals surface area contributed by atoms with E-state index in [2.05, 4.69) is 28.5 Å². The number of hydrogen-bond acceptors (Lipinski definition) is 4. The first-order valence-electron chi connectivity index (χ1n) is 7.20. The predicted molar refractivity (Wildman–Crippen MR) is 79.0 cm³/mol. The Morgan fingerprint density at radius 3 is 2.75 bits per heavy atom. The lowest BCUT2D eigenvalue weighted by Crippen LogP contribution is -2.21. The maximum atomic E-state index is 5.87. The van der Waals surface area contributed by atoms with Crippen LogP contribution in [0.15, 0.2) is 18.2 Å². The van der Waals surface area contributed by atoms with Gasteiger partial charge in [0.25, 0.3) is 0 Å². The normalized spacial score (nSPS) is 17.5. The van der Waals surface area contributed by atoms with Gasteiger partial charge in [0.15, 0.2) is 5.82 Å². The standard InChI is InChI=1S/C15H21N5/c1-11-9-12(5-6-13(11)16)14-17-18-19-20(14)10-15(2)7-3-4-8-15/h5-6,9H,3-4,7-8,10,16H2,1-2H3. The molecule has 0 bridgehead atoms. The van der Waals surface area contributed by atoms with E-state index in [9.17, 15) is 0 Å². The molecule has 0 amide bonds. The van der Waals surface area contributed by atoms with Gasteiger partial charge < -0.3 is 5.73 Å². The van der Waals surface area contributed by atoms with E-state index in [0.717, 1.165) is 29.2 Å². The third-order valence-electron chi connectivity index (χ3n) is 4.40. The van der Waals surface area contributed by atoms with Gasteiger partial charge in [0.1, 0.15) is 0 Å². The topological polar surface area (TPSA) is 69.6 Å². The summed E-state index contributed by atoms with van der Waals surface area (Å²) >= 11 is 0. The minimum absolute atomic E-state index is 0.326. The summed E-state index contributed by atoms with van der Waals surface area (Å²) in [5.41, 5.74) is 9.09. The van der Waals surface area contributed by atoms with Crippen LogP contribution in [-0.2, 0) is 6.54 Å². The number of rotatable bonds is 3. The third-order valence-corrected chi connectivity index (χ3v) is 4.40. The smallest absolute Gasteiger partial charge is 0.182 e. The highest BCUT2D eigenvalue weighted by molar-refractivity contribution is 5.61. The Labute approximate surface area is 119 Å². The molecule has 0 saturated heterocycles. The van der Waals surface area contributed by atoms with Gasteiger partial charge >= 0.3 is 0 Å². The summed E-state index contributed by atoms with van der Waals surface area (Å²) in [6.45, 7) is 5.23. The first-order chi connectivity index (χ1) is 9.57. The zero-order chi connectivity index (χ0) is 14.2. The summed E-state index contributed by atoms with van der Waals surface area (Å²) < 4.78 is 1.94. The monoisotopic (exact) mass is 271 g/mol. The summed E-state index contributed by atoms with van der Waals surface area (Å²) in [6, 6.07) is 5.96. The lowest BCUT2D eigenvalue weighted by Gasteiger charge is -2.23. The molecule has 106 valence electrons. The number of aromatic nitrogens is 4. The van der Waals surface area contributed by atoms with Crippen LogP contribution >= 0.6 is 0 Å². The van der Waals surface area contributed by atoms with E-state index < -0.39 is 0 Å². The van der Waals surface area contributed by atoms with Crippen molar-refractivity contribution in [2.45, 2.75) is 46.1 Å². The van der Waals surface area contributed by atoms with Crippen LogP contribution in [0.3, 0.4) is 0 Å². The van der Waals surface area contributed by atoms with E-state index in [1.165, 1.54) is 25.7 Å². The minimum Gasteiger partial charge on any atom is -0.399 e. The quantitative estimate of drug-likeness (QED) is 0.871. The molecule has 5 heteroatoms. The number of nitrogens with two attached hydrogens (primary N) is 1. The van der Waals surface area contributed by atoms with Crippen LogP contribution in [0, 0.1) is 12.3 Å². The van der Waals surface area contributed by atoms with Crippen LogP contribution in [0.4, 0.5) is 5.69 Å². The highest BCUT2D eigenvalue weighted by atomic mass is 15.5. The Hall–Kier alpha value is -1.91. The fraction of sp³-hybridized carbons (Fsp3) is 0.533. The van der Waals surface area contributed by atoms with Crippen molar-refractivity contribution in [2.24, 2.45) is 5.41 Å². The van der Waals surface area contributed by atoms with Crippen molar-refractivity contribution in [3.63, 3.8) is 0 Å². The van der Waals surface area contributed by atoms with Gasteiger partial charge in [0.2, 0.25) is 0 Å². The first-order valence-corrected chi connectivity index (χ1v) is 7.20. The fourth-order valence-corrected chi connectivity index (χ4v) is 3.08. The number of anilines is 1. The molecule has 1 aromatic heterocycles. The molecule has 0 spiro atoms. The van der Waals surface area contributed by atoms with Gasteiger partial charge in [0.05, 0.1) is 6.54 Å². The molecule has 20 heavy (non-hydrogen) atoms. The fourth-order valence-electron chi connectivity index (χ4n) is 3.08. The van der Waals surface area contributed by atoms with Crippen molar-refractivity contribution >= 4 is 5.69 Å². The molecule has 1 fully saturated rings. The molecule has 0 radical (unpaired) electrons. The molecule has 2 aromatic rings. The van der Waals surface area contributed by atoms with Crippen LogP contribution in [0.1, 0.15) is 38.2 Å². The molecule has 0 aliphatic heterocycles. The van der Waals surface area contributed by atoms with Crippen molar-refractivity contribution in [1.29, 1.82) is 0 Å². The molecule has 1 aliphatic rings. The van der Waals surface area contributed by atoms with Gasteiger partial charge in [-0.2, -0.15) is 0 Å². The van der Waals surface area contributed by atoms with Gasteiger partial charge in [-0.3, -0.25) is 0 Å². The average molecular weight is 271 g/mol. The Morgan fingerprint density at radius 1 is 1.30 bits per heavy atom. The van der Waals surface area contributed by atoms with Crippen LogP contribution in [-0.4, -0.2) is 20.2 Å². The third kappa shape index (κ3) is 2.40. The molecule has 1 saturated carbocycles. The summed E-state index contributed by atoms with van der Waals surface area (Å²) in [6.07, 6.45) is 5.14. The summed E-state index contributed by atoms with van der Waals surface area (Å²) in [5.74, 6) is 0.834. The van der Waals surface area contributed by atoms with Crippen molar-refractivity contribution in [1.82, 2.24) is 20.2 Å². The second-order valence-electron chi connectivity index (χ2n) is 6.25. The van der Waals surface area contributed by atoms with Gasteiger partial charge in [-0.25, -0.2) is 4.68 Å². The lowest BCUT2D eigenvalue weighted by molar-refractivity contribution is 0.267. The average Bonchev–Trinajstić information content (AvgIpc) is 3.03. The second kappa shape index (κ2) is 4.89. The van der Waals surface area contributed by atoms with Gasteiger partial charge in [-0.15, -0.1) is 5.10 Å². The highest BCUT2D eigenvalue weighted by Crippen LogP contribution is 2.39. The van der Waals surface area contributed by atoms with E-state index in [0.29, 0.717) is 5.41 Å². The zero-order valence-corrected chi connectivity index (χ0v) is 12.1. The Balaban J connectivity index is 1.91. The van der Waals surface area contributed by atoms with E-state index in [1.807, 2.05) is 23.7 Å². The lowest BCUT2D eigenvalue weighted by atomic mass is 9.89. The molecule has 0 atom stereocenters. The number of aryl methyl sites for hydroxylation is 1. The second-order valence-corrected chi connectivity index (χ2v) is 6.25. The minimum atomic E-state index is 0.326. The molecule has 5 nitrogen and oxygen atoms in total. The molecular weight excluding hydrogens is 250 g/mol. The van der Waals surface area contributed by atoms with E-state index in [-0.39, 0.29) is 0 Å². The SMILES string of the molecule is Cc1cc(-c2nnnn2CC2(C)CCCC2)ccc1N.